The first-order valence-electron chi connectivity index (χ1n) is 7.38. The van der Waals surface area contributed by atoms with Gasteiger partial charge in [-0.1, -0.05) is 18.2 Å². The van der Waals surface area contributed by atoms with Crippen molar-refractivity contribution in [2.75, 3.05) is 25.1 Å². The second kappa shape index (κ2) is 6.18. The Morgan fingerprint density at radius 1 is 1.32 bits per heavy atom. The third kappa shape index (κ3) is 2.87. The molecule has 0 radical (unpaired) electrons. The lowest BCUT2D eigenvalue weighted by Crippen LogP contribution is -2.29. The second-order valence-electron chi connectivity index (χ2n) is 5.75. The van der Waals surface area contributed by atoms with E-state index in [0.717, 1.165) is 23.3 Å². The molecule has 1 saturated heterocycles. The van der Waals surface area contributed by atoms with Gasteiger partial charge in [0.05, 0.1) is 5.52 Å². The molecule has 1 aromatic carbocycles. The van der Waals surface area contributed by atoms with E-state index in [0.29, 0.717) is 29.4 Å². The number of aromatic nitrogens is 1. The zero-order valence-electron chi connectivity index (χ0n) is 12.8. The van der Waals surface area contributed by atoms with Crippen LogP contribution in [0.2, 0.25) is 0 Å². The van der Waals surface area contributed by atoms with E-state index in [1.54, 1.807) is 28.2 Å². The highest BCUT2D eigenvalue weighted by Crippen LogP contribution is 2.29. The van der Waals surface area contributed by atoms with Gasteiger partial charge in [-0.05, 0) is 43.4 Å². The van der Waals surface area contributed by atoms with E-state index in [2.05, 4.69) is 11.2 Å². The molecule has 0 bridgehead atoms. The van der Waals surface area contributed by atoms with Gasteiger partial charge in [0.25, 0.3) is 0 Å². The van der Waals surface area contributed by atoms with Crippen molar-refractivity contribution >= 4 is 32.7 Å². The molecule has 1 aliphatic rings. The molecule has 0 amide bonds. The number of rotatable bonds is 4. The van der Waals surface area contributed by atoms with Crippen LogP contribution < -0.4 is 0 Å². The topological polar surface area (TPSA) is 50.3 Å². The summed E-state index contributed by atoms with van der Waals surface area (Å²) in [5.74, 6) is 1.47. The Kier molecular flexibility index (Phi) is 4.43. The Balaban J connectivity index is 2.01. The maximum Gasteiger partial charge on any atom is 0.245 e. The molecule has 4 nitrogen and oxygen atoms in total. The van der Waals surface area contributed by atoms with Crippen LogP contribution in [0, 0.1) is 12.8 Å². The first-order valence-corrected chi connectivity index (χ1v) is 10.2. The van der Waals surface area contributed by atoms with Crippen LogP contribution in [0.3, 0.4) is 0 Å². The third-order valence-corrected chi connectivity index (χ3v) is 6.79. The minimum Gasteiger partial charge on any atom is -0.252 e. The van der Waals surface area contributed by atoms with E-state index in [1.165, 1.54) is 0 Å². The van der Waals surface area contributed by atoms with Crippen molar-refractivity contribution in [2.24, 2.45) is 5.92 Å². The van der Waals surface area contributed by atoms with Gasteiger partial charge in [0.2, 0.25) is 10.0 Å². The van der Waals surface area contributed by atoms with Crippen molar-refractivity contribution in [2.45, 2.75) is 18.2 Å². The average molecular weight is 336 g/mol. The van der Waals surface area contributed by atoms with Gasteiger partial charge in [0, 0.05) is 24.2 Å². The highest BCUT2D eigenvalue weighted by Gasteiger charge is 2.33. The minimum atomic E-state index is -3.47. The lowest BCUT2D eigenvalue weighted by molar-refractivity contribution is 0.466. The molecular formula is C16H20N2O2S2. The number of para-hydroxylation sites is 1. The molecule has 118 valence electrons. The molecule has 1 aromatic heterocycles. The van der Waals surface area contributed by atoms with E-state index < -0.39 is 10.0 Å². The van der Waals surface area contributed by atoms with Crippen LogP contribution in [0.4, 0.5) is 0 Å². The summed E-state index contributed by atoms with van der Waals surface area (Å²) in [6.07, 6.45) is 3.01. The lowest BCUT2D eigenvalue weighted by Gasteiger charge is -2.17. The number of thioether (sulfide) groups is 1. The normalized spacial score (nSPS) is 19.8. The Hall–Kier alpha value is -1.11. The zero-order chi connectivity index (χ0) is 15.7. The summed E-state index contributed by atoms with van der Waals surface area (Å²) in [6.45, 7) is 3.11. The maximum absolute atomic E-state index is 13.0. The van der Waals surface area contributed by atoms with Gasteiger partial charge in [-0.2, -0.15) is 16.1 Å². The van der Waals surface area contributed by atoms with Crippen LogP contribution in [-0.2, 0) is 10.0 Å². The van der Waals surface area contributed by atoms with Crippen molar-refractivity contribution < 1.29 is 8.42 Å². The average Bonchev–Trinajstić information content (AvgIpc) is 2.96. The molecule has 1 atom stereocenters. The second-order valence-corrected chi connectivity index (χ2v) is 8.57. The molecule has 1 fully saturated rings. The molecule has 6 heteroatoms. The summed E-state index contributed by atoms with van der Waals surface area (Å²) in [5, 5.41) is 0.867. The molecule has 0 N–H and O–H groups in total. The largest absolute Gasteiger partial charge is 0.252 e. The smallest absolute Gasteiger partial charge is 0.245 e. The first-order chi connectivity index (χ1) is 10.5. The van der Waals surface area contributed by atoms with Crippen LogP contribution in [0.25, 0.3) is 10.9 Å². The minimum absolute atomic E-state index is 0.332. The van der Waals surface area contributed by atoms with Crippen molar-refractivity contribution in [3.05, 3.63) is 36.0 Å². The molecule has 22 heavy (non-hydrogen) atoms. The fourth-order valence-electron chi connectivity index (χ4n) is 2.95. The van der Waals surface area contributed by atoms with Gasteiger partial charge >= 0.3 is 0 Å². The Morgan fingerprint density at radius 3 is 2.91 bits per heavy atom. The van der Waals surface area contributed by atoms with Crippen LogP contribution in [0.15, 0.2) is 35.2 Å². The number of sulfonamides is 1. The summed E-state index contributed by atoms with van der Waals surface area (Å²) in [4.78, 5) is 4.79. The van der Waals surface area contributed by atoms with Gasteiger partial charge in [-0.15, -0.1) is 0 Å². The monoisotopic (exact) mass is 336 g/mol. The van der Waals surface area contributed by atoms with Gasteiger partial charge in [0.15, 0.2) is 0 Å². The quantitative estimate of drug-likeness (QED) is 0.861. The van der Waals surface area contributed by atoms with Crippen LogP contribution in [-0.4, -0.2) is 42.8 Å². The molecule has 0 aliphatic carbocycles. The summed E-state index contributed by atoms with van der Waals surface area (Å²) in [5.41, 5.74) is 1.41. The van der Waals surface area contributed by atoms with Crippen LogP contribution >= 0.6 is 11.8 Å². The number of benzene rings is 1. The molecule has 1 aliphatic heterocycles. The first kappa shape index (κ1) is 15.8. The Morgan fingerprint density at radius 2 is 2.14 bits per heavy atom. The fourth-order valence-corrected chi connectivity index (χ4v) is 5.38. The summed E-state index contributed by atoms with van der Waals surface area (Å²) in [7, 11) is -3.47. The maximum atomic E-state index is 13.0. The Bertz CT molecular complexity index is 790. The fraction of sp³-hybridized carbons (Fsp3) is 0.438. The van der Waals surface area contributed by atoms with E-state index >= 15 is 0 Å². The number of nitrogens with zero attached hydrogens (tertiary/aromatic N) is 2. The standard InChI is InChI=1S/C16H20N2O2S2/c1-12-6-7-14-4-3-5-15(16(14)17-12)22(19,20)18-9-8-13(10-18)11-21-2/h3-7,13H,8-11H2,1-2H3. The molecule has 2 aromatic rings. The number of aryl methyl sites for hydroxylation is 1. The van der Waals surface area contributed by atoms with Crippen molar-refractivity contribution in [3.63, 3.8) is 0 Å². The summed E-state index contributed by atoms with van der Waals surface area (Å²) < 4.78 is 27.6. The molecular weight excluding hydrogens is 316 g/mol. The molecule has 0 saturated carbocycles. The van der Waals surface area contributed by atoms with Crippen molar-refractivity contribution in [1.29, 1.82) is 0 Å². The van der Waals surface area contributed by atoms with E-state index in [-0.39, 0.29) is 0 Å². The van der Waals surface area contributed by atoms with Crippen molar-refractivity contribution in [1.82, 2.24) is 9.29 Å². The molecule has 2 heterocycles. The van der Waals surface area contributed by atoms with E-state index in [1.807, 2.05) is 25.1 Å². The van der Waals surface area contributed by atoms with Gasteiger partial charge in [-0.25, -0.2) is 8.42 Å². The molecule has 3 rings (SSSR count). The predicted molar refractivity (Wildman–Crippen MR) is 91.7 cm³/mol. The zero-order valence-corrected chi connectivity index (χ0v) is 14.5. The van der Waals surface area contributed by atoms with Crippen LogP contribution in [0.1, 0.15) is 12.1 Å². The lowest BCUT2D eigenvalue weighted by atomic mass is 10.2. The van der Waals surface area contributed by atoms with Gasteiger partial charge < -0.3 is 0 Å². The third-order valence-electron chi connectivity index (χ3n) is 4.09. The van der Waals surface area contributed by atoms with E-state index in [4.69, 9.17) is 0 Å². The highest BCUT2D eigenvalue weighted by atomic mass is 32.2. The number of pyridine rings is 1. The molecule has 0 spiro atoms. The summed E-state index contributed by atoms with van der Waals surface area (Å²) >= 11 is 1.78. The van der Waals surface area contributed by atoms with Crippen molar-refractivity contribution in [3.8, 4) is 0 Å². The Labute approximate surface area is 136 Å². The number of hydrogen-bond donors (Lipinski definition) is 0. The number of fused-ring (bicyclic) bond motifs is 1. The van der Waals surface area contributed by atoms with E-state index in [9.17, 15) is 8.42 Å². The summed E-state index contributed by atoms with van der Waals surface area (Å²) in [6, 6.07) is 9.20. The SMILES string of the molecule is CSCC1CCN(S(=O)(=O)c2cccc3ccc(C)nc23)C1. The van der Waals surface area contributed by atoms with Crippen LogP contribution in [0.5, 0.6) is 0 Å². The van der Waals surface area contributed by atoms with Gasteiger partial charge in [0.1, 0.15) is 4.90 Å². The predicted octanol–water partition coefficient (Wildman–Crippen LogP) is 2.92. The molecule has 1 unspecified atom stereocenters. The highest BCUT2D eigenvalue weighted by molar-refractivity contribution is 7.98. The van der Waals surface area contributed by atoms with Gasteiger partial charge in [-0.3, -0.25) is 4.98 Å². The number of hydrogen-bond acceptors (Lipinski definition) is 4.